The van der Waals surface area contributed by atoms with Gasteiger partial charge in [0.2, 0.25) is 6.10 Å². The van der Waals surface area contributed by atoms with E-state index < -0.39 is 43.7 Å². The van der Waals surface area contributed by atoms with E-state index in [1.807, 2.05) is 0 Å². The average molecular weight is 293 g/mol. The first-order valence-electron chi connectivity index (χ1n) is 4.32. The topological polar surface area (TPSA) is 35.2 Å². The summed E-state index contributed by atoms with van der Waals surface area (Å²) in [5.41, 5.74) is 4.60. The van der Waals surface area contributed by atoms with Crippen molar-refractivity contribution in [2.45, 2.75) is 24.6 Å². The van der Waals surface area contributed by atoms with E-state index in [1.54, 1.807) is 0 Å². The highest BCUT2D eigenvalue weighted by molar-refractivity contribution is 4.78. The molecule has 1 unspecified atom stereocenters. The molecule has 0 heterocycles. The lowest BCUT2D eigenvalue weighted by Crippen LogP contribution is -2.46. The molecule has 0 rings (SSSR count). The van der Waals surface area contributed by atoms with E-state index >= 15 is 0 Å². The highest BCUT2D eigenvalue weighted by Gasteiger charge is 2.58. The van der Waals surface area contributed by atoms with Crippen molar-refractivity contribution in [2.24, 2.45) is 11.7 Å². The third-order valence-corrected chi connectivity index (χ3v) is 1.81. The molecule has 2 nitrogen and oxygen atoms in total. The average Bonchev–Trinajstić information content (AvgIpc) is 2.05. The van der Waals surface area contributed by atoms with Crippen LogP contribution in [-0.4, -0.2) is 37.8 Å². The van der Waals surface area contributed by atoms with Gasteiger partial charge in [0.15, 0.2) is 0 Å². The third-order valence-electron chi connectivity index (χ3n) is 1.81. The van der Waals surface area contributed by atoms with Gasteiger partial charge in [-0.2, -0.15) is 39.5 Å². The van der Waals surface area contributed by atoms with Crippen molar-refractivity contribution < 1.29 is 44.3 Å². The molecule has 0 amide bonds. The van der Waals surface area contributed by atoms with Gasteiger partial charge in [-0.3, -0.25) is 0 Å². The van der Waals surface area contributed by atoms with Gasteiger partial charge in [-0.25, -0.2) is 0 Å². The summed E-state index contributed by atoms with van der Waals surface area (Å²) in [6.07, 6.45) is -21.0. The van der Waals surface area contributed by atoms with Crippen molar-refractivity contribution in [3.8, 4) is 0 Å². The maximum atomic E-state index is 12.0. The van der Waals surface area contributed by atoms with Gasteiger partial charge >= 0.3 is 18.5 Å². The first-order chi connectivity index (χ1) is 7.80. The summed E-state index contributed by atoms with van der Waals surface area (Å²) in [4.78, 5) is 0. The Morgan fingerprint density at radius 2 is 1.17 bits per heavy atom. The molecule has 0 aromatic heterocycles. The zero-order valence-corrected chi connectivity index (χ0v) is 8.46. The van der Waals surface area contributed by atoms with Gasteiger partial charge < -0.3 is 10.5 Å². The Kier molecular flexibility index (Phi) is 5.29. The Morgan fingerprint density at radius 3 is 1.39 bits per heavy atom. The SMILES string of the molecule is NCC(COC(C(F)(F)F)C(F)(F)F)C(F)(F)F. The Hall–Kier alpha value is -0.710. The number of alkyl halides is 9. The summed E-state index contributed by atoms with van der Waals surface area (Å²) >= 11 is 0. The monoisotopic (exact) mass is 293 g/mol. The molecular weight excluding hydrogens is 285 g/mol. The molecule has 0 bridgehead atoms. The molecule has 0 aliphatic carbocycles. The van der Waals surface area contributed by atoms with E-state index in [9.17, 15) is 39.5 Å². The second kappa shape index (κ2) is 5.51. The number of hydrogen-bond acceptors (Lipinski definition) is 2. The van der Waals surface area contributed by atoms with Gasteiger partial charge in [0.25, 0.3) is 0 Å². The predicted molar refractivity (Wildman–Crippen MR) is 40.4 cm³/mol. The number of ether oxygens (including phenoxy) is 1. The summed E-state index contributed by atoms with van der Waals surface area (Å²) in [6, 6.07) is 0. The molecule has 0 fully saturated rings. The maximum Gasteiger partial charge on any atom is 0.423 e. The van der Waals surface area contributed by atoms with Gasteiger partial charge in [-0.1, -0.05) is 0 Å². The molecule has 0 spiro atoms. The molecule has 0 saturated heterocycles. The van der Waals surface area contributed by atoms with Crippen LogP contribution in [0.25, 0.3) is 0 Å². The van der Waals surface area contributed by atoms with Crippen molar-refractivity contribution in [3.05, 3.63) is 0 Å². The van der Waals surface area contributed by atoms with Gasteiger partial charge in [-0.05, 0) is 0 Å². The van der Waals surface area contributed by atoms with Crippen LogP contribution in [0.3, 0.4) is 0 Å². The third kappa shape index (κ3) is 5.29. The molecule has 18 heavy (non-hydrogen) atoms. The lowest BCUT2D eigenvalue weighted by molar-refractivity contribution is -0.328. The Bertz CT molecular complexity index is 241. The summed E-state index contributed by atoms with van der Waals surface area (Å²) in [6.45, 7) is -2.99. The molecule has 0 aliphatic heterocycles. The van der Waals surface area contributed by atoms with Crippen LogP contribution in [0.4, 0.5) is 39.5 Å². The highest BCUT2D eigenvalue weighted by Crippen LogP contribution is 2.36. The van der Waals surface area contributed by atoms with Crippen LogP contribution in [0, 0.1) is 5.92 Å². The standard InChI is InChI=1S/C7H8F9NO/c8-5(9,10)3(1-17)2-18-4(6(11,12)13)7(14,15)16/h3-4H,1-2,17H2. The van der Waals surface area contributed by atoms with E-state index in [0.29, 0.717) is 0 Å². The molecule has 0 aliphatic rings. The van der Waals surface area contributed by atoms with Gasteiger partial charge in [0, 0.05) is 6.54 Å². The van der Waals surface area contributed by atoms with Gasteiger partial charge in [0.05, 0.1) is 12.5 Å². The molecule has 110 valence electrons. The van der Waals surface area contributed by atoms with E-state index in [0.717, 1.165) is 0 Å². The lowest BCUT2D eigenvalue weighted by atomic mass is 10.1. The summed E-state index contributed by atoms with van der Waals surface area (Å²) in [7, 11) is 0. The minimum Gasteiger partial charge on any atom is -0.360 e. The van der Waals surface area contributed by atoms with Crippen LogP contribution in [0.5, 0.6) is 0 Å². The summed E-state index contributed by atoms with van der Waals surface area (Å²) in [5, 5.41) is 0. The second-order valence-electron chi connectivity index (χ2n) is 3.27. The Balaban J connectivity index is 4.74. The fourth-order valence-corrected chi connectivity index (χ4v) is 0.883. The second-order valence-corrected chi connectivity index (χ2v) is 3.27. The van der Waals surface area contributed by atoms with Gasteiger partial charge in [-0.15, -0.1) is 0 Å². The fraction of sp³-hybridized carbons (Fsp3) is 1.00. The summed E-state index contributed by atoms with van der Waals surface area (Å²) < 4.78 is 111. The first kappa shape index (κ1) is 17.3. The number of rotatable bonds is 4. The lowest BCUT2D eigenvalue weighted by Gasteiger charge is -2.26. The van der Waals surface area contributed by atoms with Gasteiger partial charge in [0.1, 0.15) is 0 Å². The van der Waals surface area contributed by atoms with Crippen molar-refractivity contribution in [2.75, 3.05) is 13.2 Å². The van der Waals surface area contributed by atoms with E-state index in [1.165, 1.54) is 0 Å². The van der Waals surface area contributed by atoms with Crippen molar-refractivity contribution in [3.63, 3.8) is 0 Å². The van der Waals surface area contributed by atoms with Crippen LogP contribution >= 0.6 is 0 Å². The molecule has 0 aromatic rings. The number of hydrogen-bond donors (Lipinski definition) is 1. The molecular formula is C7H8F9NO. The predicted octanol–water partition coefficient (Wildman–Crippen LogP) is 2.63. The molecule has 1 atom stereocenters. The molecule has 2 N–H and O–H groups in total. The zero-order valence-electron chi connectivity index (χ0n) is 8.46. The highest BCUT2D eigenvalue weighted by atomic mass is 19.4. The smallest absolute Gasteiger partial charge is 0.360 e. The fourth-order valence-electron chi connectivity index (χ4n) is 0.883. The number of halogens is 9. The normalized spacial score (nSPS) is 16.2. The zero-order chi connectivity index (χ0) is 14.8. The van der Waals surface area contributed by atoms with Crippen LogP contribution < -0.4 is 5.73 Å². The minimum atomic E-state index is -5.84. The molecule has 0 saturated carbocycles. The molecule has 11 heteroatoms. The van der Waals surface area contributed by atoms with Crippen molar-refractivity contribution in [1.29, 1.82) is 0 Å². The molecule has 0 radical (unpaired) electrons. The van der Waals surface area contributed by atoms with E-state index in [2.05, 4.69) is 10.5 Å². The van der Waals surface area contributed by atoms with Crippen molar-refractivity contribution in [1.82, 2.24) is 0 Å². The van der Waals surface area contributed by atoms with Crippen LogP contribution in [0.15, 0.2) is 0 Å². The quantitative estimate of drug-likeness (QED) is 0.809. The largest absolute Gasteiger partial charge is 0.423 e. The first-order valence-corrected chi connectivity index (χ1v) is 4.32. The van der Waals surface area contributed by atoms with Crippen LogP contribution in [0.1, 0.15) is 0 Å². The van der Waals surface area contributed by atoms with E-state index in [4.69, 9.17) is 0 Å². The summed E-state index contributed by atoms with van der Waals surface area (Å²) in [5.74, 6) is -2.59. The van der Waals surface area contributed by atoms with Crippen molar-refractivity contribution >= 4 is 0 Å². The van der Waals surface area contributed by atoms with Crippen LogP contribution in [0.2, 0.25) is 0 Å². The van der Waals surface area contributed by atoms with Crippen LogP contribution in [-0.2, 0) is 4.74 Å². The maximum absolute atomic E-state index is 12.0. The number of nitrogens with two attached hydrogens (primary N) is 1. The Morgan fingerprint density at radius 1 is 0.778 bits per heavy atom. The van der Waals surface area contributed by atoms with E-state index in [-0.39, 0.29) is 0 Å². The molecule has 0 aromatic carbocycles. The Labute approximate surface area is 94.9 Å². The minimum absolute atomic E-state index is 1.17.